The molecular weight excluding hydrogens is 240 g/mol. The Labute approximate surface area is 112 Å². The number of benzene rings is 2. The smallest absolute Gasteiger partial charge is 0.323 e. The highest BCUT2D eigenvalue weighted by Gasteiger charge is 2.06. The van der Waals surface area contributed by atoms with E-state index in [1.807, 2.05) is 32.0 Å². The minimum Gasteiger partial charge on any atom is -0.508 e. The van der Waals surface area contributed by atoms with Crippen molar-refractivity contribution in [1.82, 2.24) is 0 Å². The molecular formula is C15H16N2O2. The topological polar surface area (TPSA) is 61.4 Å². The number of nitrogens with one attached hydrogen (secondary N) is 2. The van der Waals surface area contributed by atoms with Crippen molar-refractivity contribution in [2.24, 2.45) is 0 Å². The van der Waals surface area contributed by atoms with Gasteiger partial charge in [0.1, 0.15) is 5.75 Å². The number of anilines is 2. The van der Waals surface area contributed by atoms with Gasteiger partial charge in [0.25, 0.3) is 0 Å². The van der Waals surface area contributed by atoms with Gasteiger partial charge in [0.05, 0.1) is 0 Å². The molecule has 0 atom stereocenters. The molecule has 0 fully saturated rings. The number of hydrogen-bond donors (Lipinski definition) is 3. The Hall–Kier alpha value is -2.49. The Morgan fingerprint density at radius 1 is 1.05 bits per heavy atom. The average molecular weight is 256 g/mol. The van der Waals surface area contributed by atoms with Crippen LogP contribution in [0.5, 0.6) is 5.75 Å². The lowest BCUT2D eigenvalue weighted by Gasteiger charge is -2.11. The molecule has 4 nitrogen and oxygen atoms in total. The number of amides is 2. The van der Waals surface area contributed by atoms with Gasteiger partial charge in [0, 0.05) is 17.4 Å². The lowest BCUT2D eigenvalue weighted by Crippen LogP contribution is -2.20. The summed E-state index contributed by atoms with van der Waals surface area (Å²) in [6.07, 6.45) is 0. The van der Waals surface area contributed by atoms with Crippen molar-refractivity contribution < 1.29 is 9.90 Å². The maximum absolute atomic E-state index is 11.9. The first kappa shape index (κ1) is 13.0. The van der Waals surface area contributed by atoms with Crippen LogP contribution in [0.4, 0.5) is 16.2 Å². The van der Waals surface area contributed by atoms with Gasteiger partial charge in [0.15, 0.2) is 0 Å². The van der Waals surface area contributed by atoms with Gasteiger partial charge in [-0.3, -0.25) is 0 Å². The van der Waals surface area contributed by atoms with E-state index in [2.05, 4.69) is 10.6 Å². The number of carbonyl (C=O) groups is 1. The van der Waals surface area contributed by atoms with Crippen LogP contribution in [0.25, 0.3) is 0 Å². The number of phenols is 1. The Kier molecular flexibility index (Phi) is 3.71. The van der Waals surface area contributed by atoms with Crippen LogP contribution in [-0.2, 0) is 0 Å². The highest BCUT2D eigenvalue weighted by atomic mass is 16.3. The highest BCUT2D eigenvalue weighted by Crippen LogP contribution is 2.19. The normalized spacial score (nSPS) is 10.0. The van der Waals surface area contributed by atoms with Gasteiger partial charge in [-0.15, -0.1) is 0 Å². The number of carbonyl (C=O) groups excluding carboxylic acids is 1. The van der Waals surface area contributed by atoms with Gasteiger partial charge in [-0.2, -0.15) is 0 Å². The number of phenolic OH excluding ortho intramolecular Hbond substituents is 1. The molecule has 0 saturated heterocycles. The molecule has 0 aliphatic carbocycles. The van der Waals surface area contributed by atoms with Crippen molar-refractivity contribution in [3.05, 3.63) is 53.6 Å². The van der Waals surface area contributed by atoms with Gasteiger partial charge in [-0.05, 0) is 43.2 Å². The molecule has 2 amide bonds. The molecule has 0 aliphatic heterocycles. The Morgan fingerprint density at radius 3 is 2.53 bits per heavy atom. The summed E-state index contributed by atoms with van der Waals surface area (Å²) in [5.41, 5.74) is 3.48. The minimum atomic E-state index is -0.334. The Bertz CT molecular complexity index is 609. The number of rotatable bonds is 2. The van der Waals surface area contributed by atoms with E-state index in [-0.39, 0.29) is 11.8 Å². The van der Waals surface area contributed by atoms with Crippen molar-refractivity contribution in [3.8, 4) is 5.75 Å². The van der Waals surface area contributed by atoms with E-state index in [9.17, 15) is 9.90 Å². The van der Waals surface area contributed by atoms with Crippen LogP contribution in [0.3, 0.4) is 0 Å². The fraction of sp³-hybridized carbons (Fsp3) is 0.133. The van der Waals surface area contributed by atoms with Crippen LogP contribution in [0, 0.1) is 13.8 Å². The SMILES string of the molecule is Cc1cccc(NC(=O)Nc2cccc(O)c2)c1C. The summed E-state index contributed by atoms with van der Waals surface area (Å²) in [6, 6.07) is 11.8. The van der Waals surface area contributed by atoms with Gasteiger partial charge in [0.2, 0.25) is 0 Å². The van der Waals surface area contributed by atoms with Gasteiger partial charge in [-0.1, -0.05) is 18.2 Å². The molecule has 2 rings (SSSR count). The Morgan fingerprint density at radius 2 is 1.79 bits per heavy atom. The number of hydrogen-bond acceptors (Lipinski definition) is 2. The summed E-state index contributed by atoms with van der Waals surface area (Å²) in [4.78, 5) is 11.9. The maximum atomic E-state index is 11.9. The molecule has 0 radical (unpaired) electrons. The quantitative estimate of drug-likeness (QED) is 0.768. The molecule has 0 saturated carbocycles. The van der Waals surface area contributed by atoms with Crippen LogP contribution < -0.4 is 10.6 Å². The van der Waals surface area contributed by atoms with E-state index in [0.717, 1.165) is 16.8 Å². The lowest BCUT2D eigenvalue weighted by molar-refractivity contribution is 0.262. The van der Waals surface area contributed by atoms with E-state index in [0.29, 0.717) is 5.69 Å². The van der Waals surface area contributed by atoms with Crippen molar-refractivity contribution in [3.63, 3.8) is 0 Å². The molecule has 2 aromatic rings. The molecule has 2 aromatic carbocycles. The zero-order valence-corrected chi connectivity index (χ0v) is 10.9. The number of aromatic hydroxyl groups is 1. The minimum absolute atomic E-state index is 0.115. The van der Waals surface area contributed by atoms with E-state index < -0.39 is 0 Å². The summed E-state index contributed by atoms with van der Waals surface area (Å²) >= 11 is 0. The summed E-state index contributed by atoms with van der Waals surface area (Å²) < 4.78 is 0. The highest BCUT2D eigenvalue weighted by molar-refractivity contribution is 6.00. The van der Waals surface area contributed by atoms with Crippen LogP contribution in [0.15, 0.2) is 42.5 Å². The van der Waals surface area contributed by atoms with Crippen LogP contribution >= 0.6 is 0 Å². The van der Waals surface area contributed by atoms with Crippen LogP contribution in [-0.4, -0.2) is 11.1 Å². The van der Waals surface area contributed by atoms with Gasteiger partial charge >= 0.3 is 6.03 Å². The largest absolute Gasteiger partial charge is 0.508 e. The fourth-order valence-corrected chi connectivity index (χ4v) is 1.75. The first-order valence-electron chi connectivity index (χ1n) is 5.99. The second-order valence-corrected chi connectivity index (χ2v) is 4.38. The molecule has 0 aliphatic rings. The van der Waals surface area contributed by atoms with Crippen molar-refractivity contribution in [2.45, 2.75) is 13.8 Å². The molecule has 0 heterocycles. The third kappa shape index (κ3) is 3.25. The van der Waals surface area contributed by atoms with Crippen molar-refractivity contribution >= 4 is 17.4 Å². The second-order valence-electron chi connectivity index (χ2n) is 4.38. The standard InChI is InChI=1S/C15H16N2O2/c1-10-5-3-8-14(11(10)2)17-15(19)16-12-6-4-7-13(18)9-12/h3-9,18H,1-2H3,(H2,16,17,19). The summed E-state index contributed by atoms with van der Waals surface area (Å²) in [5, 5.41) is 14.8. The van der Waals surface area contributed by atoms with Crippen LogP contribution in [0.2, 0.25) is 0 Å². The fourth-order valence-electron chi connectivity index (χ4n) is 1.75. The van der Waals surface area contributed by atoms with Gasteiger partial charge < -0.3 is 15.7 Å². The summed E-state index contributed by atoms with van der Waals surface area (Å²) in [7, 11) is 0. The molecule has 0 spiro atoms. The molecule has 0 unspecified atom stereocenters. The van der Waals surface area contributed by atoms with Crippen molar-refractivity contribution in [2.75, 3.05) is 10.6 Å². The third-order valence-electron chi connectivity index (χ3n) is 2.96. The maximum Gasteiger partial charge on any atom is 0.323 e. The van der Waals surface area contributed by atoms with E-state index in [1.165, 1.54) is 6.07 Å². The number of aryl methyl sites for hydroxylation is 1. The monoisotopic (exact) mass is 256 g/mol. The van der Waals surface area contributed by atoms with Crippen LogP contribution in [0.1, 0.15) is 11.1 Å². The molecule has 19 heavy (non-hydrogen) atoms. The zero-order chi connectivity index (χ0) is 13.8. The predicted octanol–water partition coefficient (Wildman–Crippen LogP) is 3.65. The lowest BCUT2D eigenvalue weighted by atomic mass is 10.1. The molecule has 3 N–H and O–H groups in total. The summed E-state index contributed by atoms with van der Waals surface area (Å²) in [6.45, 7) is 3.95. The van der Waals surface area contributed by atoms with E-state index in [1.54, 1.807) is 18.2 Å². The molecule has 0 bridgehead atoms. The van der Waals surface area contributed by atoms with Crippen molar-refractivity contribution in [1.29, 1.82) is 0 Å². The molecule has 98 valence electrons. The predicted molar refractivity (Wildman–Crippen MR) is 76.7 cm³/mol. The molecule has 0 aromatic heterocycles. The average Bonchev–Trinajstić information content (AvgIpc) is 2.35. The molecule has 4 heteroatoms. The van der Waals surface area contributed by atoms with E-state index in [4.69, 9.17) is 0 Å². The first-order chi connectivity index (χ1) is 9.06. The zero-order valence-electron chi connectivity index (χ0n) is 10.9. The third-order valence-corrected chi connectivity index (χ3v) is 2.96. The summed E-state index contributed by atoms with van der Waals surface area (Å²) in [5.74, 6) is 0.115. The first-order valence-corrected chi connectivity index (χ1v) is 5.99. The number of urea groups is 1. The van der Waals surface area contributed by atoms with Gasteiger partial charge in [-0.25, -0.2) is 4.79 Å². The van der Waals surface area contributed by atoms with E-state index >= 15 is 0 Å². The Balaban J connectivity index is 2.08. The second kappa shape index (κ2) is 5.44.